The Hall–Kier alpha value is 0.190. The lowest BCUT2D eigenvalue weighted by molar-refractivity contribution is 0.0879. The van der Waals surface area contributed by atoms with Crippen LogP contribution in [0, 0.1) is 0 Å². The summed E-state index contributed by atoms with van der Waals surface area (Å²) in [7, 11) is 3.31. The van der Waals surface area contributed by atoms with Crippen molar-refractivity contribution in [2.75, 3.05) is 52.5 Å². The summed E-state index contributed by atoms with van der Waals surface area (Å²) < 4.78 is 20.1. The Morgan fingerprint density at radius 1 is 0.769 bits per heavy atom. The Kier molecular flexibility index (Phi) is 12.4. The number of thioether (sulfide) groups is 1. The molecule has 0 heterocycles. The first-order chi connectivity index (χ1) is 6.41. The predicted molar refractivity (Wildman–Crippen MR) is 53.0 cm³/mol. The standard InChI is InChI=1S/C8H18O4S/c1-9-3-5-11-7-13-8-12-6-4-10-2/h3-8H2,1-2H3. The molecule has 0 radical (unpaired) electrons. The minimum Gasteiger partial charge on any atom is -0.382 e. The van der Waals surface area contributed by atoms with Gasteiger partial charge in [0.05, 0.1) is 38.3 Å². The van der Waals surface area contributed by atoms with Crippen molar-refractivity contribution in [1.82, 2.24) is 0 Å². The maximum Gasteiger partial charge on any atom is 0.0944 e. The Labute approximate surface area is 83.9 Å². The topological polar surface area (TPSA) is 36.9 Å². The van der Waals surface area contributed by atoms with Gasteiger partial charge in [0.1, 0.15) is 0 Å². The van der Waals surface area contributed by atoms with Gasteiger partial charge >= 0.3 is 0 Å². The fraction of sp³-hybridized carbons (Fsp3) is 1.00. The van der Waals surface area contributed by atoms with E-state index in [2.05, 4.69) is 0 Å². The molecule has 0 amide bonds. The maximum absolute atomic E-state index is 5.21. The van der Waals surface area contributed by atoms with Gasteiger partial charge in [0, 0.05) is 14.2 Å². The fourth-order valence-electron chi connectivity index (χ4n) is 0.554. The van der Waals surface area contributed by atoms with Crippen LogP contribution >= 0.6 is 11.8 Å². The smallest absolute Gasteiger partial charge is 0.0944 e. The summed E-state index contributed by atoms with van der Waals surface area (Å²) in [6.45, 7) is 2.57. The predicted octanol–water partition coefficient (Wildman–Crippen LogP) is 0.961. The molecule has 0 unspecified atom stereocenters. The molecule has 4 nitrogen and oxygen atoms in total. The minimum absolute atomic E-state index is 0.640. The highest BCUT2D eigenvalue weighted by atomic mass is 32.2. The molecule has 80 valence electrons. The Balaban J connectivity index is 2.76. The molecular weight excluding hydrogens is 192 g/mol. The van der Waals surface area contributed by atoms with E-state index in [1.165, 1.54) is 0 Å². The zero-order chi connectivity index (χ0) is 9.78. The van der Waals surface area contributed by atoms with Crippen molar-refractivity contribution in [2.24, 2.45) is 0 Å². The average molecular weight is 210 g/mol. The van der Waals surface area contributed by atoms with Crippen LogP contribution in [-0.4, -0.2) is 52.5 Å². The van der Waals surface area contributed by atoms with Crippen molar-refractivity contribution < 1.29 is 18.9 Å². The molecule has 0 saturated carbocycles. The number of hydrogen-bond donors (Lipinski definition) is 0. The highest BCUT2D eigenvalue weighted by molar-refractivity contribution is 7.98. The van der Waals surface area contributed by atoms with Crippen molar-refractivity contribution >= 4 is 11.8 Å². The van der Waals surface area contributed by atoms with Gasteiger partial charge in [-0.2, -0.15) is 0 Å². The van der Waals surface area contributed by atoms with E-state index in [9.17, 15) is 0 Å². The molecule has 0 aliphatic carbocycles. The van der Waals surface area contributed by atoms with Gasteiger partial charge in [-0.15, -0.1) is 11.8 Å². The summed E-state index contributed by atoms with van der Waals surface area (Å²) in [6, 6.07) is 0. The van der Waals surface area contributed by atoms with Crippen molar-refractivity contribution in [2.45, 2.75) is 0 Å². The van der Waals surface area contributed by atoms with Gasteiger partial charge in [-0.05, 0) is 0 Å². The molecule has 0 aromatic heterocycles. The molecule has 0 N–H and O–H groups in total. The second kappa shape index (κ2) is 12.2. The quantitative estimate of drug-likeness (QED) is 0.396. The summed E-state index contributed by atoms with van der Waals surface area (Å²) in [5, 5.41) is 0. The fourth-order valence-corrected chi connectivity index (χ4v) is 1.09. The molecule has 0 atom stereocenters. The van der Waals surface area contributed by atoms with Crippen molar-refractivity contribution in [3.05, 3.63) is 0 Å². The minimum atomic E-state index is 0.640. The van der Waals surface area contributed by atoms with Crippen molar-refractivity contribution in [3.63, 3.8) is 0 Å². The number of methoxy groups -OCH3 is 2. The van der Waals surface area contributed by atoms with Crippen molar-refractivity contribution in [3.8, 4) is 0 Å². The Morgan fingerprint density at radius 2 is 1.23 bits per heavy atom. The number of hydrogen-bond acceptors (Lipinski definition) is 5. The number of rotatable bonds is 10. The van der Waals surface area contributed by atoms with Crippen LogP contribution in [0.25, 0.3) is 0 Å². The lowest BCUT2D eigenvalue weighted by Crippen LogP contribution is -2.04. The number of ether oxygens (including phenoxy) is 4. The van der Waals surface area contributed by atoms with Gasteiger partial charge in [0.25, 0.3) is 0 Å². The third-order valence-electron chi connectivity index (χ3n) is 1.20. The maximum atomic E-state index is 5.21. The molecule has 0 aromatic rings. The normalized spacial score (nSPS) is 10.6. The van der Waals surface area contributed by atoms with Crippen LogP contribution in [0.15, 0.2) is 0 Å². The van der Waals surface area contributed by atoms with Crippen LogP contribution in [0.2, 0.25) is 0 Å². The molecular formula is C8H18O4S. The summed E-state index contributed by atoms with van der Waals surface area (Å²) in [4.78, 5) is 0. The molecule has 0 aromatic carbocycles. The van der Waals surface area contributed by atoms with Gasteiger partial charge in [-0.1, -0.05) is 0 Å². The lowest BCUT2D eigenvalue weighted by atomic mass is 10.8. The molecule has 0 rings (SSSR count). The molecule has 0 saturated heterocycles. The van der Waals surface area contributed by atoms with Crippen LogP contribution in [0.5, 0.6) is 0 Å². The van der Waals surface area contributed by atoms with Gasteiger partial charge in [0.15, 0.2) is 0 Å². The van der Waals surface area contributed by atoms with E-state index in [0.29, 0.717) is 38.3 Å². The SMILES string of the molecule is COCCOCSCOCCOC. The molecule has 5 heteroatoms. The van der Waals surface area contributed by atoms with E-state index in [0.717, 1.165) is 0 Å². The van der Waals surface area contributed by atoms with Crippen LogP contribution in [0.1, 0.15) is 0 Å². The molecule has 13 heavy (non-hydrogen) atoms. The molecule has 0 spiro atoms. The first kappa shape index (κ1) is 13.2. The lowest BCUT2D eigenvalue weighted by Gasteiger charge is -2.04. The first-order valence-corrected chi connectivity index (χ1v) is 5.28. The van der Waals surface area contributed by atoms with E-state index < -0.39 is 0 Å². The summed E-state index contributed by atoms with van der Waals surface area (Å²) >= 11 is 1.60. The summed E-state index contributed by atoms with van der Waals surface area (Å²) in [5.74, 6) is 1.30. The second-order valence-electron chi connectivity index (χ2n) is 2.24. The van der Waals surface area contributed by atoms with Gasteiger partial charge < -0.3 is 18.9 Å². The van der Waals surface area contributed by atoms with Crippen LogP contribution in [-0.2, 0) is 18.9 Å². The molecule has 0 bridgehead atoms. The van der Waals surface area contributed by atoms with Crippen LogP contribution < -0.4 is 0 Å². The third-order valence-corrected chi connectivity index (χ3v) is 1.86. The average Bonchev–Trinajstić information content (AvgIpc) is 2.16. The highest BCUT2D eigenvalue weighted by Crippen LogP contribution is 2.00. The van der Waals surface area contributed by atoms with Crippen LogP contribution in [0.4, 0.5) is 0 Å². The van der Waals surface area contributed by atoms with E-state index in [-0.39, 0.29) is 0 Å². The highest BCUT2D eigenvalue weighted by Gasteiger charge is 1.90. The third kappa shape index (κ3) is 12.2. The monoisotopic (exact) mass is 210 g/mol. The van der Waals surface area contributed by atoms with E-state index in [1.54, 1.807) is 26.0 Å². The van der Waals surface area contributed by atoms with Gasteiger partial charge in [0.2, 0.25) is 0 Å². The van der Waals surface area contributed by atoms with E-state index in [4.69, 9.17) is 18.9 Å². The van der Waals surface area contributed by atoms with Gasteiger partial charge in [-0.25, -0.2) is 0 Å². The molecule has 0 fully saturated rings. The summed E-state index contributed by atoms with van der Waals surface area (Å²) in [5.41, 5.74) is 0. The second-order valence-corrected chi connectivity index (χ2v) is 3.12. The summed E-state index contributed by atoms with van der Waals surface area (Å²) in [6.07, 6.45) is 0. The van der Waals surface area contributed by atoms with Crippen LogP contribution in [0.3, 0.4) is 0 Å². The zero-order valence-electron chi connectivity index (χ0n) is 8.28. The molecule has 0 aliphatic rings. The van der Waals surface area contributed by atoms with Gasteiger partial charge in [-0.3, -0.25) is 0 Å². The zero-order valence-corrected chi connectivity index (χ0v) is 9.10. The van der Waals surface area contributed by atoms with E-state index >= 15 is 0 Å². The largest absolute Gasteiger partial charge is 0.382 e. The Morgan fingerprint density at radius 3 is 1.62 bits per heavy atom. The Bertz CT molecular complexity index is 82.2. The van der Waals surface area contributed by atoms with Crippen molar-refractivity contribution in [1.29, 1.82) is 0 Å². The molecule has 0 aliphatic heterocycles. The first-order valence-electron chi connectivity index (χ1n) is 4.13. The van der Waals surface area contributed by atoms with E-state index in [1.807, 2.05) is 0 Å².